The van der Waals surface area contributed by atoms with Crippen LogP contribution in [0.4, 0.5) is 0 Å². The molecule has 2 bridgehead atoms. The first-order valence-corrected chi connectivity index (χ1v) is 4.49. The van der Waals surface area contributed by atoms with Crippen molar-refractivity contribution in [1.29, 1.82) is 0 Å². The average molecular weight is 139 g/mol. The van der Waals surface area contributed by atoms with Gasteiger partial charge in [0.05, 0.1) is 0 Å². The van der Waals surface area contributed by atoms with E-state index in [9.17, 15) is 0 Å². The number of fused-ring (bicyclic) bond motifs is 2. The molecular formula is C9H17N. The molecule has 1 saturated carbocycles. The molecule has 1 nitrogen and oxygen atoms in total. The van der Waals surface area contributed by atoms with Crippen molar-refractivity contribution < 1.29 is 0 Å². The zero-order valence-corrected chi connectivity index (χ0v) is 7.01. The lowest BCUT2D eigenvalue weighted by atomic mass is 9.89. The Labute approximate surface area is 63.4 Å². The highest BCUT2D eigenvalue weighted by atomic mass is 15.1. The maximum Gasteiger partial charge on any atom is 0.0121 e. The third-order valence-corrected chi connectivity index (χ3v) is 3.60. The van der Waals surface area contributed by atoms with Gasteiger partial charge >= 0.3 is 0 Å². The van der Waals surface area contributed by atoms with Gasteiger partial charge in [0.1, 0.15) is 0 Å². The fraction of sp³-hybridized carbons (Fsp3) is 1.00. The smallest absolute Gasteiger partial charge is 0.0121 e. The van der Waals surface area contributed by atoms with E-state index in [4.69, 9.17) is 0 Å². The number of hydrogen-bond donors (Lipinski definition) is 0. The highest BCUT2D eigenvalue weighted by molar-refractivity contribution is 4.91. The second-order valence-electron chi connectivity index (χ2n) is 4.03. The van der Waals surface area contributed by atoms with Gasteiger partial charge in [-0.2, -0.15) is 0 Å². The lowest BCUT2D eigenvalue weighted by Gasteiger charge is -2.35. The van der Waals surface area contributed by atoms with Gasteiger partial charge in [0, 0.05) is 6.04 Å². The minimum atomic E-state index is 0.929. The zero-order chi connectivity index (χ0) is 7.14. The molecular weight excluding hydrogens is 122 g/mol. The first kappa shape index (κ1) is 6.66. The predicted molar refractivity (Wildman–Crippen MR) is 42.9 cm³/mol. The first-order valence-electron chi connectivity index (χ1n) is 4.49. The van der Waals surface area contributed by atoms with E-state index in [1.54, 1.807) is 0 Å². The SMILES string of the molecule is CC1C2CCC1N(C)CC2. The number of rotatable bonds is 0. The number of piperidine rings is 1. The molecule has 2 rings (SSSR count). The van der Waals surface area contributed by atoms with Crippen LogP contribution in [0.2, 0.25) is 0 Å². The third-order valence-electron chi connectivity index (χ3n) is 3.60. The Morgan fingerprint density at radius 1 is 1.20 bits per heavy atom. The Morgan fingerprint density at radius 3 is 2.70 bits per heavy atom. The number of nitrogens with zero attached hydrogens (tertiary/aromatic N) is 1. The molecule has 1 heteroatoms. The van der Waals surface area contributed by atoms with Gasteiger partial charge in [-0.3, -0.25) is 0 Å². The van der Waals surface area contributed by atoms with Crippen LogP contribution in [0.25, 0.3) is 0 Å². The van der Waals surface area contributed by atoms with E-state index in [1.807, 2.05) is 0 Å². The summed E-state index contributed by atoms with van der Waals surface area (Å²) >= 11 is 0. The molecule has 3 unspecified atom stereocenters. The van der Waals surface area contributed by atoms with Crippen LogP contribution >= 0.6 is 0 Å². The van der Waals surface area contributed by atoms with Crippen LogP contribution in [-0.2, 0) is 0 Å². The fourth-order valence-corrected chi connectivity index (χ4v) is 2.79. The van der Waals surface area contributed by atoms with Crippen molar-refractivity contribution in [3.8, 4) is 0 Å². The van der Waals surface area contributed by atoms with E-state index in [2.05, 4.69) is 18.9 Å². The zero-order valence-electron chi connectivity index (χ0n) is 7.01. The normalized spacial score (nSPS) is 48.0. The van der Waals surface area contributed by atoms with Gasteiger partial charge in [-0.25, -0.2) is 0 Å². The Morgan fingerprint density at radius 2 is 2.00 bits per heavy atom. The Bertz CT molecular complexity index is 133. The van der Waals surface area contributed by atoms with Gasteiger partial charge in [-0.05, 0) is 44.7 Å². The van der Waals surface area contributed by atoms with Gasteiger partial charge in [0.25, 0.3) is 0 Å². The molecule has 2 aliphatic rings. The van der Waals surface area contributed by atoms with Crippen LogP contribution in [0.1, 0.15) is 26.2 Å². The van der Waals surface area contributed by atoms with Crippen molar-refractivity contribution in [2.75, 3.05) is 13.6 Å². The van der Waals surface area contributed by atoms with E-state index < -0.39 is 0 Å². The summed E-state index contributed by atoms with van der Waals surface area (Å²) in [4.78, 5) is 2.55. The Kier molecular flexibility index (Phi) is 1.48. The lowest BCUT2D eigenvalue weighted by molar-refractivity contribution is 0.133. The molecule has 0 aromatic carbocycles. The summed E-state index contributed by atoms with van der Waals surface area (Å²) in [5, 5.41) is 0. The maximum atomic E-state index is 2.55. The maximum absolute atomic E-state index is 2.55. The van der Waals surface area contributed by atoms with Crippen molar-refractivity contribution in [3.63, 3.8) is 0 Å². The molecule has 58 valence electrons. The monoisotopic (exact) mass is 139 g/mol. The van der Waals surface area contributed by atoms with E-state index in [-0.39, 0.29) is 0 Å². The third kappa shape index (κ3) is 0.800. The molecule has 0 N–H and O–H groups in total. The van der Waals surface area contributed by atoms with Crippen LogP contribution in [0.15, 0.2) is 0 Å². The van der Waals surface area contributed by atoms with Gasteiger partial charge in [0.2, 0.25) is 0 Å². The molecule has 1 aliphatic heterocycles. The summed E-state index contributed by atoms with van der Waals surface area (Å²) in [5.41, 5.74) is 0. The number of likely N-dealkylation sites (tertiary alicyclic amines) is 1. The van der Waals surface area contributed by atoms with Crippen molar-refractivity contribution >= 4 is 0 Å². The van der Waals surface area contributed by atoms with Crippen LogP contribution in [-0.4, -0.2) is 24.5 Å². The van der Waals surface area contributed by atoms with Crippen molar-refractivity contribution in [3.05, 3.63) is 0 Å². The van der Waals surface area contributed by atoms with Crippen LogP contribution in [0.5, 0.6) is 0 Å². The van der Waals surface area contributed by atoms with Crippen LogP contribution < -0.4 is 0 Å². The van der Waals surface area contributed by atoms with Gasteiger partial charge in [-0.15, -0.1) is 0 Å². The van der Waals surface area contributed by atoms with Crippen molar-refractivity contribution in [2.24, 2.45) is 11.8 Å². The minimum absolute atomic E-state index is 0.929. The topological polar surface area (TPSA) is 3.24 Å². The lowest BCUT2D eigenvalue weighted by Crippen LogP contribution is -2.40. The quantitative estimate of drug-likeness (QED) is 0.494. The number of hydrogen-bond acceptors (Lipinski definition) is 1. The molecule has 0 aromatic heterocycles. The van der Waals surface area contributed by atoms with Gasteiger partial charge in [-0.1, -0.05) is 6.92 Å². The minimum Gasteiger partial charge on any atom is -0.303 e. The van der Waals surface area contributed by atoms with Crippen LogP contribution in [0, 0.1) is 11.8 Å². The van der Waals surface area contributed by atoms with Gasteiger partial charge in [0.15, 0.2) is 0 Å². The molecule has 0 amide bonds. The second-order valence-corrected chi connectivity index (χ2v) is 4.03. The average Bonchev–Trinajstić information content (AvgIpc) is 2.13. The summed E-state index contributed by atoms with van der Waals surface area (Å²) in [6.45, 7) is 3.78. The largest absolute Gasteiger partial charge is 0.303 e. The van der Waals surface area contributed by atoms with E-state index in [0.29, 0.717) is 0 Å². The molecule has 3 atom stereocenters. The van der Waals surface area contributed by atoms with E-state index >= 15 is 0 Å². The Hall–Kier alpha value is -0.0400. The summed E-state index contributed by atoms with van der Waals surface area (Å²) in [7, 11) is 2.28. The summed E-state index contributed by atoms with van der Waals surface area (Å²) in [5.74, 6) is 2.06. The van der Waals surface area contributed by atoms with E-state index in [1.165, 1.54) is 25.8 Å². The summed E-state index contributed by atoms with van der Waals surface area (Å²) in [6, 6.07) is 0.929. The summed E-state index contributed by atoms with van der Waals surface area (Å²) < 4.78 is 0. The molecule has 0 aromatic rings. The molecule has 10 heavy (non-hydrogen) atoms. The Balaban J connectivity index is 2.13. The van der Waals surface area contributed by atoms with Crippen molar-refractivity contribution in [1.82, 2.24) is 4.90 Å². The molecule has 2 fully saturated rings. The first-order chi connectivity index (χ1) is 4.79. The summed E-state index contributed by atoms with van der Waals surface area (Å²) in [6.07, 6.45) is 4.41. The van der Waals surface area contributed by atoms with Crippen LogP contribution in [0.3, 0.4) is 0 Å². The standard InChI is InChI=1S/C9H17N/c1-7-8-3-4-9(7)10(2)6-5-8/h7-9H,3-6H2,1-2H3. The second kappa shape index (κ2) is 2.23. The molecule has 1 heterocycles. The molecule has 0 spiro atoms. The molecule has 0 radical (unpaired) electrons. The van der Waals surface area contributed by atoms with E-state index in [0.717, 1.165) is 17.9 Å². The molecule has 1 saturated heterocycles. The van der Waals surface area contributed by atoms with Gasteiger partial charge < -0.3 is 4.90 Å². The highest BCUT2D eigenvalue weighted by Crippen LogP contribution is 2.40. The van der Waals surface area contributed by atoms with Crippen molar-refractivity contribution in [2.45, 2.75) is 32.2 Å². The highest BCUT2D eigenvalue weighted by Gasteiger charge is 2.38. The fourth-order valence-electron chi connectivity index (χ4n) is 2.79. The molecule has 1 aliphatic carbocycles. The predicted octanol–water partition coefficient (Wildman–Crippen LogP) is 1.74.